The van der Waals surface area contributed by atoms with Crippen molar-refractivity contribution < 1.29 is 9.84 Å². The number of hydrogen-bond acceptors (Lipinski definition) is 3. The zero-order chi connectivity index (χ0) is 11.6. The number of fused-ring (bicyclic) bond motifs is 1. The monoisotopic (exact) mass is 217 g/mol. The largest absolute Gasteiger partial charge is 0.497 e. The van der Waals surface area contributed by atoms with Crippen molar-refractivity contribution in [2.45, 2.75) is 31.3 Å². The van der Waals surface area contributed by atoms with E-state index in [0.29, 0.717) is 6.42 Å². The molecule has 0 aliphatic heterocycles. The van der Waals surface area contributed by atoms with Crippen molar-refractivity contribution >= 4 is 0 Å². The summed E-state index contributed by atoms with van der Waals surface area (Å²) in [5, 5.41) is 19.3. The van der Waals surface area contributed by atoms with Gasteiger partial charge in [0.05, 0.1) is 19.6 Å². The molecule has 0 heterocycles. The first-order valence-corrected chi connectivity index (χ1v) is 5.46. The minimum atomic E-state index is -0.989. The highest BCUT2D eigenvalue weighted by atomic mass is 16.5. The van der Waals surface area contributed by atoms with Gasteiger partial charge in [0.15, 0.2) is 0 Å². The van der Waals surface area contributed by atoms with E-state index in [1.807, 2.05) is 18.2 Å². The highest BCUT2D eigenvalue weighted by molar-refractivity contribution is 5.41. The molecule has 3 nitrogen and oxygen atoms in total. The number of ether oxygens (including phenoxy) is 1. The number of nitrogens with zero attached hydrogens (tertiary/aromatic N) is 1. The molecule has 1 aromatic carbocycles. The van der Waals surface area contributed by atoms with E-state index in [4.69, 9.17) is 10.00 Å². The van der Waals surface area contributed by atoms with Crippen LogP contribution in [0.3, 0.4) is 0 Å². The fourth-order valence-electron chi connectivity index (χ4n) is 2.35. The predicted octanol–water partition coefficient (Wildman–Crippen LogP) is 2.13. The van der Waals surface area contributed by atoms with Crippen molar-refractivity contribution in [3.8, 4) is 11.8 Å². The summed E-state index contributed by atoms with van der Waals surface area (Å²) in [6.45, 7) is 0. The molecule has 1 aliphatic rings. The molecule has 1 N–H and O–H groups in total. The first-order valence-electron chi connectivity index (χ1n) is 5.46. The minimum absolute atomic E-state index is 0.146. The summed E-state index contributed by atoms with van der Waals surface area (Å²) in [5.41, 5.74) is 1.00. The second kappa shape index (κ2) is 4.15. The summed E-state index contributed by atoms with van der Waals surface area (Å²) >= 11 is 0. The van der Waals surface area contributed by atoms with Crippen LogP contribution in [0.25, 0.3) is 0 Å². The molecule has 84 valence electrons. The van der Waals surface area contributed by atoms with E-state index >= 15 is 0 Å². The number of nitriles is 1. The van der Waals surface area contributed by atoms with Crippen molar-refractivity contribution in [1.82, 2.24) is 0 Å². The molecule has 3 heteroatoms. The molecule has 1 aromatic rings. The summed E-state index contributed by atoms with van der Waals surface area (Å²) in [6.07, 6.45) is 2.69. The van der Waals surface area contributed by atoms with Gasteiger partial charge in [0.1, 0.15) is 11.4 Å². The number of aryl methyl sites for hydroxylation is 1. The standard InChI is InChI=1S/C13H15NO2/c1-16-11-5-4-10-3-2-6-13(15,7-8-14)12(10)9-11/h4-5,9,15H,2-3,6-7H2,1H3/t13-/m0/s1. The van der Waals surface area contributed by atoms with Gasteiger partial charge in [0.2, 0.25) is 0 Å². The molecule has 0 saturated carbocycles. The van der Waals surface area contributed by atoms with Gasteiger partial charge >= 0.3 is 0 Å². The van der Waals surface area contributed by atoms with E-state index in [1.165, 1.54) is 0 Å². The number of aliphatic hydroxyl groups is 1. The lowest BCUT2D eigenvalue weighted by Gasteiger charge is -2.32. The first-order chi connectivity index (χ1) is 7.69. The number of rotatable bonds is 2. The van der Waals surface area contributed by atoms with Crippen LogP contribution >= 0.6 is 0 Å². The Morgan fingerprint density at radius 2 is 2.38 bits per heavy atom. The summed E-state index contributed by atoms with van der Waals surface area (Å²) < 4.78 is 5.16. The molecule has 0 radical (unpaired) electrons. The Hall–Kier alpha value is -1.53. The van der Waals surface area contributed by atoms with Crippen LogP contribution in [0.5, 0.6) is 5.75 Å². The number of benzene rings is 1. The van der Waals surface area contributed by atoms with Gasteiger partial charge in [-0.15, -0.1) is 0 Å². The molecule has 1 aliphatic carbocycles. The van der Waals surface area contributed by atoms with Gasteiger partial charge in [0, 0.05) is 0 Å². The maximum atomic E-state index is 10.5. The Labute approximate surface area is 95.3 Å². The van der Waals surface area contributed by atoms with Gasteiger partial charge in [-0.25, -0.2) is 0 Å². The topological polar surface area (TPSA) is 53.2 Å². The van der Waals surface area contributed by atoms with E-state index in [-0.39, 0.29) is 6.42 Å². The van der Waals surface area contributed by atoms with Gasteiger partial charge < -0.3 is 9.84 Å². The Morgan fingerprint density at radius 3 is 3.06 bits per heavy atom. The molecule has 16 heavy (non-hydrogen) atoms. The molecule has 0 spiro atoms. The van der Waals surface area contributed by atoms with Gasteiger partial charge in [-0.1, -0.05) is 6.07 Å². The second-order valence-corrected chi connectivity index (χ2v) is 4.24. The van der Waals surface area contributed by atoms with Crippen LogP contribution in [0.1, 0.15) is 30.4 Å². The molecule has 1 atom stereocenters. The highest BCUT2D eigenvalue weighted by Crippen LogP contribution is 2.39. The van der Waals surface area contributed by atoms with Crippen LogP contribution in [0.4, 0.5) is 0 Å². The van der Waals surface area contributed by atoms with Gasteiger partial charge in [-0.3, -0.25) is 0 Å². The van der Waals surface area contributed by atoms with Gasteiger partial charge in [0.25, 0.3) is 0 Å². The van der Waals surface area contributed by atoms with Crippen molar-refractivity contribution in [3.05, 3.63) is 29.3 Å². The number of methoxy groups -OCH3 is 1. The zero-order valence-electron chi connectivity index (χ0n) is 9.36. The van der Waals surface area contributed by atoms with E-state index in [1.54, 1.807) is 7.11 Å². The lowest BCUT2D eigenvalue weighted by atomic mass is 9.77. The van der Waals surface area contributed by atoms with Crippen molar-refractivity contribution in [2.24, 2.45) is 0 Å². The zero-order valence-corrected chi connectivity index (χ0v) is 9.36. The minimum Gasteiger partial charge on any atom is -0.497 e. The van der Waals surface area contributed by atoms with Crippen molar-refractivity contribution in [1.29, 1.82) is 5.26 Å². The molecule has 0 saturated heterocycles. The third kappa shape index (κ3) is 1.77. The van der Waals surface area contributed by atoms with Crippen LogP contribution in [0, 0.1) is 11.3 Å². The molecule has 2 rings (SSSR count). The molecule has 0 fully saturated rings. The Balaban J connectivity index is 2.47. The maximum Gasteiger partial charge on any atom is 0.119 e. The normalized spacial score (nSPS) is 23.3. The summed E-state index contributed by atoms with van der Waals surface area (Å²) in [5.74, 6) is 0.733. The molecule has 0 aromatic heterocycles. The van der Waals surface area contributed by atoms with Gasteiger partial charge in [-0.05, 0) is 42.5 Å². The summed E-state index contributed by atoms with van der Waals surface area (Å²) in [4.78, 5) is 0. The Bertz CT molecular complexity index is 436. The van der Waals surface area contributed by atoms with Crippen LogP contribution < -0.4 is 4.74 Å². The number of hydrogen-bond donors (Lipinski definition) is 1. The van der Waals surface area contributed by atoms with Crippen LogP contribution in [0.15, 0.2) is 18.2 Å². The molecular weight excluding hydrogens is 202 g/mol. The third-order valence-corrected chi connectivity index (χ3v) is 3.23. The van der Waals surface area contributed by atoms with E-state index in [2.05, 4.69) is 6.07 Å². The SMILES string of the molecule is COc1ccc2c(c1)[C@@](O)(CC#N)CCC2. The average Bonchev–Trinajstić information content (AvgIpc) is 2.29. The van der Waals surface area contributed by atoms with Crippen molar-refractivity contribution in [2.75, 3.05) is 7.11 Å². The van der Waals surface area contributed by atoms with E-state index < -0.39 is 5.60 Å². The fourth-order valence-corrected chi connectivity index (χ4v) is 2.35. The molecule has 0 amide bonds. The highest BCUT2D eigenvalue weighted by Gasteiger charge is 2.34. The third-order valence-electron chi connectivity index (χ3n) is 3.23. The molecule has 0 unspecified atom stereocenters. The maximum absolute atomic E-state index is 10.5. The smallest absolute Gasteiger partial charge is 0.119 e. The summed E-state index contributed by atoms with van der Waals surface area (Å²) in [7, 11) is 1.61. The Morgan fingerprint density at radius 1 is 1.56 bits per heavy atom. The lowest BCUT2D eigenvalue weighted by Crippen LogP contribution is -2.30. The van der Waals surface area contributed by atoms with Crippen LogP contribution in [0.2, 0.25) is 0 Å². The molecular formula is C13H15NO2. The van der Waals surface area contributed by atoms with Gasteiger partial charge in [-0.2, -0.15) is 5.26 Å². The predicted molar refractivity (Wildman–Crippen MR) is 60.1 cm³/mol. The average molecular weight is 217 g/mol. The quantitative estimate of drug-likeness (QED) is 0.825. The second-order valence-electron chi connectivity index (χ2n) is 4.24. The fraction of sp³-hybridized carbons (Fsp3) is 0.462. The van der Waals surface area contributed by atoms with E-state index in [0.717, 1.165) is 29.7 Å². The first kappa shape index (κ1) is 11.0. The van der Waals surface area contributed by atoms with Crippen LogP contribution in [-0.4, -0.2) is 12.2 Å². The van der Waals surface area contributed by atoms with E-state index in [9.17, 15) is 5.11 Å². The molecule has 0 bridgehead atoms. The lowest BCUT2D eigenvalue weighted by molar-refractivity contribution is 0.0233. The van der Waals surface area contributed by atoms with Crippen LogP contribution in [-0.2, 0) is 12.0 Å². The van der Waals surface area contributed by atoms with Crippen molar-refractivity contribution in [3.63, 3.8) is 0 Å². The Kier molecular flexibility index (Phi) is 2.84. The summed E-state index contributed by atoms with van der Waals surface area (Å²) in [6, 6.07) is 7.80.